The third kappa shape index (κ3) is 8.66. The number of nitrogens with two attached hydrogens (primary N) is 1. The van der Waals surface area contributed by atoms with Crippen LogP contribution in [0.25, 0.3) is 0 Å². The van der Waals surface area contributed by atoms with E-state index in [-0.39, 0.29) is 23.4 Å². The van der Waals surface area contributed by atoms with E-state index in [4.69, 9.17) is 15.6 Å². The average molecular weight is 730 g/mol. The quantitative estimate of drug-likeness (QED) is 0.421. The predicted octanol–water partition coefficient (Wildman–Crippen LogP) is 3.04. The van der Waals surface area contributed by atoms with Gasteiger partial charge in [-0.25, -0.2) is 40.2 Å². The van der Waals surface area contributed by atoms with Gasteiger partial charge in [-0.1, -0.05) is 6.07 Å². The van der Waals surface area contributed by atoms with Crippen molar-refractivity contribution < 1.29 is 31.5 Å². The van der Waals surface area contributed by atoms with E-state index in [1.165, 1.54) is 36.8 Å². The Bertz CT molecular complexity index is 1530. The molecule has 2 aromatic rings. The number of aliphatic imine (C=N–C) groups is 2. The molecule has 0 spiro atoms. The molecule has 2 aliphatic rings. The molecule has 1 amide bonds. The van der Waals surface area contributed by atoms with E-state index in [9.17, 15) is 21.6 Å². The molecule has 2 aliphatic heterocycles. The number of nitrogens with one attached hydrogen (secondary N) is 1. The van der Waals surface area contributed by atoms with Crippen LogP contribution in [0.1, 0.15) is 44.4 Å². The number of rotatable bonds is 2. The standard InChI is InChI=1S/C14H20BrN3O4S2.C9H13N3O2S2.CH4O/c1-13(2,3)22-12(19)16-11-17-14(4,8-24(20,21)18(11)5)10-6-9(15)7-23-10;1-9(7-4-3-5-15-7)6-16(13,14)12(2)8(10)11-9;1-2/h6-7H,8H2,1-5H3,(H,16,17,19);3-5H,6H2,1-2H3,(H2,10,11);2H,1H3/t14-;9-;/m00./s1. The molecule has 4 rings (SSSR count). The van der Waals surface area contributed by atoms with Gasteiger partial charge in [-0.2, -0.15) is 0 Å². The van der Waals surface area contributed by atoms with Crippen molar-refractivity contribution in [2.75, 3.05) is 32.7 Å². The zero-order chi connectivity index (χ0) is 32.3. The molecule has 4 heterocycles. The first-order chi connectivity index (χ1) is 19.2. The number of aliphatic hydroxyl groups is 1. The average Bonchev–Trinajstić information content (AvgIpc) is 3.54. The Balaban J connectivity index is 0.000000296. The Morgan fingerprint density at radius 2 is 1.60 bits per heavy atom. The van der Waals surface area contributed by atoms with Crippen LogP contribution in [0.4, 0.5) is 4.79 Å². The maximum Gasteiger partial charge on any atom is 0.414 e. The van der Waals surface area contributed by atoms with E-state index in [1.807, 2.05) is 29.0 Å². The van der Waals surface area contributed by atoms with Gasteiger partial charge in [-0.3, -0.25) is 5.32 Å². The molecule has 2 aromatic heterocycles. The summed E-state index contributed by atoms with van der Waals surface area (Å²) >= 11 is 6.26. The number of nitrogens with zero attached hydrogens (tertiary/aromatic N) is 4. The van der Waals surface area contributed by atoms with E-state index in [2.05, 4.69) is 31.2 Å². The number of amides is 1. The molecule has 2 atom stereocenters. The molecular formula is C24H37BrN6O7S4. The van der Waals surface area contributed by atoms with Crippen LogP contribution >= 0.6 is 38.6 Å². The van der Waals surface area contributed by atoms with Crippen LogP contribution in [-0.2, 0) is 35.9 Å². The number of hydrogen-bond acceptors (Lipinski definition) is 12. The number of thiophene rings is 2. The largest absolute Gasteiger partial charge is 0.444 e. The van der Waals surface area contributed by atoms with E-state index in [0.29, 0.717) is 0 Å². The maximum atomic E-state index is 12.5. The van der Waals surface area contributed by atoms with Gasteiger partial charge in [0.15, 0.2) is 0 Å². The highest BCUT2D eigenvalue weighted by atomic mass is 79.9. The van der Waals surface area contributed by atoms with Gasteiger partial charge in [0.25, 0.3) is 0 Å². The topological polar surface area (TPSA) is 184 Å². The molecule has 4 N–H and O–H groups in total. The minimum Gasteiger partial charge on any atom is -0.444 e. The van der Waals surface area contributed by atoms with Crippen molar-refractivity contribution in [3.8, 4) is 0 Å². The molecule has 42 heavy (non-hydrogen) atoms. The first kappa shape index (κ1) is 35.9. The van der Waals surface area contributed by atoms with Crippen LogP contribution in [0, 0.1) is 0 Å². The smallest absolute Gasteiger partial charge is 0.414 e. The molecule has 13 nitrogen and oxygen atoms in total. The number of hydrogen-bond donors (Lipinski definition) is 3. The van der Waals surface area contributed by atoms with Gasteiger partial charge in [-0.05, 0) is 68.1 Å². The maximum absolute atomic E-state index is 12.5. The lowest BCUT2D eigenvalue weighted by Crippen LogP contribution is -2.53. The fraction of sp³-hybridized carbons (Fsp3) is 0.542. The summed E-state index contributed by atoms with van der Waals surface area (Å²) in [6, 6.07) is 5.59. The summed E-state index contributed by atoms with van der Waals surface area (Å²) in [6.07, 6.45) is -0.750. The third-order valence-electron chi connectivity index (χ3n) is 5.86. The van der Waals surface area contributed by atoms with Gasteiger partial charge in [0.05, 0.1) is 11.5 Å². The molecular weight excluding hydrogens is 692 g/mol. The van der Waals surface area contributed by atoms with Gasteiger partial charge >= 0.3 is 6.09 Å². The molecule has 0 aliphatic carbocycles. The SMILES string of the molecule is CN1C(N)=N[C@](C)(c2cccs2)CS1(=O)=O.CN1C(NC(=O)OC(C)(C)C)=N[C@](C)(c2cc(Br)cs2)CS1(=O)=O.CO. The monoisotopic (exact) mass is 728 g/mol. The van der Waals surface area contributed by atoms with E-state index in [0.717, 1.165) is 29.9 Å². The second-order valence-electron chi connectivity index (χ2n) is 10.6. The van der Waals surface area contributed by atoms with Crippen molar-refractivity contribution in [2.24, 2.45) is 15.7 Å². The summed E-state index contributed by atoms with van der Waals surface area (Å²) in [4.78, 5) is 22.5. The molecule has 0 saturated carbocycles. The number of sulfonamides is 2. The zero-order valence-electron chi connectivity index (χ0n) is 24.6. The normalized spacial score (nSPS) is 24.6. The Morgan fingerprint density at radius 3 is 2.05 bits per heavy atom. The van der Waals surface area contributed by atoms with Gasteiger partial charge in [0.2, 0.25) is 32.0 Å². The molecule has 18 heteroatoms. The van der Waals surface area contributed by atoms with Crippen molar-refractivity contribution in [1.82, 2.24) is 13.9 Å². The van der Waals surface area contributed by atoms with Crippen LogP contribution in [0.2, 0.25) is 0 Å². The van der Waals surface area contributed by atoms with Crippen molar-refractivity contribution in [1.29, 1.82) is 0 Å². The van der Waals surface area contributed by atoms with Crippen molar-refractivity contribution in [2.45, 2.75) is 51.3 Å². The van der Waals surface area contributed by atoms with E-state index in [1.54, 1.807) is 34.6 Å². The molecule has 0 fully saturated rings. The number of carbonyl (C=O) groups excluding carboxylic acids is 1. The van der Waals surface area contributed by atoms with Crippen LogP contribution in [0.5, 0.6) is 0 Å². The molecule has 0 radical (unpaired) electrons. The molecule has 0 unspecified atom stereocenters. The van der Waals surface area contributed by atoms with Crippen molar-refractivity contribution in [3.63, 3.8) is 0 Å². The van der Waals surface area contributed by atoms with E-state index >= 15 is 0 Å². The minimum absolute atomic E-state index is 0.0437. The lowest BCUT2D eigenvalue weighted by molar-refractivity contribution is 0.0559. The summed E-state index contributed by atoms with van der Waals surface area (Å²) in [5.74, 6) is -0.231. The summed E-state index contributed by atoms with van der Waals surface area (Å²) in [5.41, 5.74) is 3.20. The molecule has 0 bridgehead atoms. The highest BCUT2D eigenvalue weighted by Gasteiger charge is 2.43. The Morgan fingerprint density at radius 1 is 1.05 bits per heavy atom. The third-order valence-corrected chi connectivity index (χ3v) is 12.8. The van der Waals surface area contributed by atoms with Crippen LogP contribution < -0.4 is 11.1 Å². The second kappa shape index (κ2) is 13.2. The van der Waals surface area contributed by atoms with Gasteiger partial charge in [0.1, 0.15) is 16.7 Å². The van der Waals surface area contributed by atoms with Crippen molar-refractivity contribution in [3.05, 3.63) is 43.2 Å². The minimum atomic E-state index is -3.62. The number of aliphatic hydroxyl groups excluding tert-OH is 1. The van der Waals surface area contributed by atoms with Crippen LogP contribution in [0.15, 0.2) is 43.4 Å². The van der Waals surface area contributed by atoms with Gasteiger partial charge in [-0.15, -0.1) is 22.7 Å². The highest BCUT2D eigenvalue weighted by molar-refractivity contribution is 9.10. The number of alkyl carbamates (subject to hydrolysis) is 1. The number of carbonyl (C=O) groups is 1. The lowest BCUT2D eigenvalue weighted by Gasteiger charge is -2.35. The van der Waals surface area contributed by atoms with Crippen molar-refractivity contribution >= 4 is 76.7 Å². The highest BCUT2D eigenvalue weighted by Crippen LogP contribution is 2.37. The van der Waals surface area contributed by atoms with Crippen LogP contribution in [0.3, 0.4) is 0 Å². The summed E-state index contributed by atoms with van der Waals surface area (Å²) in [7, 11) is -3.21. The number of halogens is 1. The van der Waals surface area contributed by atoms with Crippen LogP contribution in [-0.4, -0.2) is 86.9 Å². The fourth-order valence-electron chi connectivity index (χ4n) is 3.80. The Hall–Kier alpha value is -2.25. The second-order valence-corrected chi connectivity index (χ2v) is 17.4. The molecule has 0 saturated heterocycles. The molecule has 0 aromatic carbocycles. The first-order valence-corrected chi connectivity index (χ1v) is 18.1. The first-order valence-electron chi connectivity index (χ1n) is 12.3. The summed E-state index contributed by atoms with van der Waals surface area (Å²) in [6.45, 7) is 8.69. The number of guanidine groups is 2. The Labute approximate surface area is 263 Å². The fourth-order valence-corrected chi connectivity index (χ4v) is 9.28. The van der Waals surface area contributed by atoms with Gasteiger partial charge < -0.3 is 15.6 Å². The van der Waals surface area contributed by atoms with Gasteiger partial charge in [0, 0.05) is 40.8 Å². The summed E-state index contributed by atoms with van der Waals surface area (Å²) in [5, 5.41) is 13.2. The lowest BCUT2D eigenvalue weighted by atomic mass is 10.0. The van der Waals surface area contributed by atoms with E-state index < -0.39 is 42.8 Å². The molecule has 236 valence electrons. The zero-order valence-corrected chi connectivity index (χ0v) is 29.4. The Kier molecular flexibility index (Phi) is 11.3. The predicted molar refractivity (Wildman–Crippen MR) is 171 cm³/mol. The number of ether oxygens (including phenoxy) is 1. The summed E-state index contributed by atoms with van der Waals surface area (Å²) < 4.78 is 56.8.